The van der Waals surface area contributed by atoms with E-state index in [2.05, 4.69) is 15.2 Å². The molecule has 1 saturated heterocycles. The van der Waals surface area contributed by atoms with Crippen LogP contribution in [0.15, 0.2) is 59.6 Å². The average Bonchev–Trinajstić information content (AvgIpc) is 2.76. The number of hydrogen-bond donors (Lipinski definition) is 1. The number of halogens is 1. The van der Waals surface area contributed by atoms with Crippen molar-refractivity contribution < 1.29 is 14.3 Å². The highest BCUT2D eigenvalue weighted by Gasteiger charge is 2.26. The van der Waals surface area contributed by atoms with Crippen molar-refractivity contribution in [2.24, 2.45) is 10.9 Å². The van der Waals surface area contributed by atoms with Gasteiger partial charge in [-0.25, -0.2) is 0 Å². The third kappa shape index (κ3) is 6.62. The second-order valence-electron chi connectivity index (χ2n) is 6.74. The smallest absolute Gasteiger partial charge is 0.308 e. The number of esters is 1. The molecule has 0 bridgehead atoms. The van der Waals surface area contributed by atoms with Crippen molar-refractivity contribution in [3.8, 4) is 11.5 Å². The summed E-state index contributed by atoms with van der Waals surface area (Å²) in [6, 6.07) is 17.8. The molecule has 1 aliphatic rings. The van der Waals surface area contributed by atoms with Crippen LogP contribution in [0.2, 0.25) is 0 Å². The number of benzene rings is 2. The second kappa shape index (κ2) is 11.6. The zero-order chi connectivity index (χ0) is 19.8. The molecule has 156 valence electrons. The van der Waals surface area contributed by atoms with Crippen LogP contribution in [0.3, 0.4) is 0 Å². The van der Waals surface area contributed by atoms with E-state index >= 15 is 0 Å². The maximum absolute atomic E-state index is 11.7. The monoisotopic (exact) mass is 509 g/mol. The largest absolute Gasteiger partial charge is 0.469 e. The minimum absolute atomic E-state index is 0. The van der Waals surface area contributed by atoms with E-state index in [9.17, 15) is 4.79 Å². The molecule has 1 heterocycles. The molecule has 29 heavy (non-hydrogen) atoms. The molecule has 1 aliphatic heterocycles. The summed E-state index contributed by atoms with van der Waals surface area (Å²) >= 11 is 0. The van der Waals surface area contributed by atoms with E-state index in [-0.39, 0.29) is 35.9 Å². The van der Waals surface area contributed by atoms with Crippen LogP contribution < -0.4 is 10.1 Å². The van der Waals surface area contributed by atoms with Gasteiger partial charge in [0, 0.05) is 26.7 Å². The number of likely N-dealkylation sites (tertiary alicyclic amines) is 1. The fraction of sp³-hybridized carbons (Fsp3) is 0.364. The summed E-state index contributed by atoms with van der Waals surface area (Å²) in [6.45, 7) is 2.27. The van der Waals surface area contributed by atoms with Gasteiger partial charge in [0.1, 0.15) is 11.5 Å². The molecular weight excluding hydrogens is 481 g/mol. The Morgan fingerprint density at radius 1 is 1.07 bits per heavy atom. The molecule has 6 nitrogen and oxygen atoms in total. The molecule has 0 saturated carbocycles. The highest BCUT2D eigenvalue weighted by atomic mass is 127. The van der Waals surface area contributed by atoms with Crippen LogP contribution in [-0.4, -0.2) is 44.1 Å². The van der Waals surface area contributed by atoms with Crippen LogP contribution in [-0.2, 0) is 16.1 Å². The number of ether oxygens (including phenoxy) is 2. The molecule has 0 atom stereocenters. The first-order valence-corrected chi connectivity index (χ1v) is 9.55. The molecule has 7 heteroatoms. The second-order valence-corrected chi connectivity index (χ2v) is 6.74. The number of nitrogens with one attached hydrogen (secondary N) is 1. The van der Waals surface area contributed by atoms with Crippen LogP contribution in [0.4, 0.5) is 0 Å². The Bertz CT molecular complexity index is 789. The highest BCUT2D eigenvalue weighted by molar-refractivity contribution is 14.0. The molecule has 0 radical (unpaired) electrons. The Morgan fingerprint density at radius 3 is 2.28 bits per heavy atom. The van der Waals surface area contributed by atoms with E-state index in [4.69, 9.17) is 9.47 Å². The van der Waals surface area contributed by atoms with Gasteiger partial charge in [0.2, 0.25) is 0 Å². The Labute approximate surface area is 189 Å². The highest BCUT2D eigenvalue weighted by Crippen LogP contribution is 2.21. The minimum atomic E-state index is -0.111. The molecule has 0 aromatic heterocycles. The predicted octanol–water partition coefficient (Wildman–Crippen LogP) is 4.06. The van der Waals surface area contributed by atoms with E-state index in [0.717, 1.165) is 49.0 Å². The lowest BCUT2D eigenvalue weighted by Crippen LogP contribution is -2.46. The van der Waals surface area contributed by atoms with Crippen LogP contribution in [0.1, 0.15) is 18.4 Å². The molecule has 2 aromatic rings. The first-order valence-electron chi connectivity index (χ1n) is 9.55. The number of carbonyl (C=O) groups excluding carboxylic acids is 1. The molecule has 2 aromatic carbocycles. The van der Waals surface area contributed by atoms with Gasteiger partial charge in [-0.05, 0) is 42.7 Å². The maximum atomic E-state index is 11.7. The van der Waals surface area contributed by atoms with Crippen molar-refractivity contribution in [2.75, 3.05) is 27.2 Å². The summed E-state index contributed by atoms with van der Waals surface area (Å²) in [6.07, 6.45) is 1.58. The van der Waals surface area contributed by atoms with Crippen molar-refractivity contribution in [3.63, 3.8) is 0 Å². The number of para-hydroxylation sites is 1. The first-order chi connectivity index (χ1) is 13.7. The normalized spacial score (nSPS) is 14.7. The molecule has 1 fully saturated rings. The van der Waals surface area contributed by atoms with Gasteiger partial charge in [-0.2, -0.15) is 0 Å². The number of aliphatic imine (C=N–C) groups is 1. The van der Waals surface area contributed by atoms with Gasteiger partial charge in [-0.3, -0.25) is 9.79 Å². The number of rotatable bonds is 5. The van der Waals surface area contributed by atoms with E-state index < -0.39 is 0 Å². The molecule has 0 spiro atoms. The average molecular weight is 509 g/mol. The quantitative estimate of drug-likeness (QED) is 0.285. The number of methoxy groups -OCH3 is 1. The Kier molecular flexibility index (Phi) is 9.24. The van der Waals surface area contributed by atoms with Gasteiger partial charge in [0.25, 0.3) is 0 Å². The van der Waals surface area contributed by atoms with Crippen molar-refractivity contribution in [1.29, 1.82) is 0 Å². The lowest BCUT2D eigenvalue weighted by atomic mass is 9.97. The third-order valence-corrected chi connectivity index (χ3v) is 4.89. The summed E-state index contributed by atoms with van der Waals surface area (Å²) in [5.41, 5.74) is 1.14. The minimum Gasteiger partial charge on any atom is -0.469 e. The van der Waals surface area contributed by atoms with Crippen molar-refractivity contribution >= 4 is 35.9 Å². The van der Waals surface area contributed by atoms with Crippen LogP contribution in [0.25, 0.3) is 0 Å². The van der Waals surface area contributed by atoms with Crippen LogP contribution in [0, 0.1) is 5.92 Å². The number of carbonyl (C=O) groups is 1. The third-order valence-electron chi connectivity index (χ3n) is 4.89. The van der Waals surface area contributed by atoms with Gasteiger partial charge < -0.3 is 19.7 Å². The lowest BCUT2D eigenvalue weighted by Gasteiger charge is -2.33. The molecule has 3 rings (SSSR count). The predicted molar refractivity (Wildman–Crippen MR) is 125 cm³/mol. The van der Waals surface area contributed by atoms with Gasteiger partial charge in [-0.1, -0.05) is 30.3 Å². The van der Waals surface area contributed by atoms with Crippen LogP contribution >= 0.6 is 24.0 Å². The van der Waals surface area contributed by atoms with E-state index in [0.29, 0.717) is 6.54 Å². The van der Waals surface area contributed by atoms with Gasteiger partial charge in [0.05, 0.1) is 13.0 Å². The van der Waals surface area contributed by atoms with Crippen LogP contribution in [0.5, 0.6) is 11.5 Å². The Morgan fingerprint density at radius 2 is 1.69 bits per heavy atom. The summed E-state index contributed by atoms with van der Waals surface area (Å²) in [7, 11) is 3.23. The summed E-state index contributed by atoms with van der Waals surface area (Å²) in [4.78, 5) is 18.2. The van der Waals surface area contributed by atoms with Crippen molar-refractivity contribution in [2.45, 2.75) is 19.4 Å². The first kappa shape index (κ1) is 23.0. The number of guanidine groups is 1. The number of hydrogen-bond acceptors (Lipinski definition) is 4. The number of nitrogens with zero attached hydrogens (tertiary/aromatic N) is 2. The molecule has 1 N–H and O–H groups in total. The zero-order valence-corrected chi connectivity index (χ0v) is 19.2. The lowest BCUT2D eigenvalue weighted by molar-refractivity contribution is -0.146. The van der Waals surface area contributed by atoms with E-state index in [1.165, 1.54) is 7.11 Å². The Hall–Kier alpha value is -2.29. The Balaban J connectivity index is 0.00000300. The van der Waals surface area contributed by atoms with Gasteiger partial charge in [0.15, 0.2) is 5.96 Å². The van der Waals surface area contributed by atoms with E-state index in [1.807, 2.05) is 54.6 Å². The topological polar surface area (TPSA) is 63.2 Å². The zero-order valence-electron chi connectivity index (χ0n) is 16.8. The van der Waals surface area contributed by atoms with E-state index in [1.54, 1.807) is 7.05 Å². The fourth-order valence-electron chi connectivity index (χ4n) is 3.31. The van der Waals surface area contributed by atoms with Gasteiger partial charge >= 0.3 is 5.97 Å². The molecule has 0 amide bonds. The molecule has 0 unspecified atom stereocenters. The number of piperidine rings is 1. The van der Waals surface area contributed by atoms with Gasteiger partial charge in [-0.15, -0.1) is 24.0 Å². The van der Waals surface area contributed by atoms with Crippen molar-refractivity contribution in [3.05, 3.63) is 60.2 Å². The SMILES string of the molecule is CN=C(NCc1ccc(Oc2ccccc2)cc1)N1CCC(C(=O)OC)CC1.I. The summed E-state index contributed by atoms with van der Waals surface area (Å²) < 4.78 is 10.7. The fourth-order valence-corrected chi connectivity index (χ4v) is 3.31. The maximum Gasteiger partial charge on any atom is 0.308 e. The summed E-state index contributed by atoms with van der Waals surface area (Å²) in [5, 5.41) is 3.40. The molecule has 0 aliphatic carbocycles. The standard InChI is InChI=1S/C22H27N3O3.HI/c1-23-22(25-14-12-18(13-15-25)21(26)27-2)24-16-17-8-10-20(11-9-17)28-19-6-4-3-5-7-19;/h3-11,18H,12-16H2,1-2H3,(H,23,24);1H. The molecular formula is C22H28IN3O3. The summed E-state index contributed by atoms with van der Waals surface area (Å²) in [5.74, 6) is 2.37. The van der Waals surface area contributed by atoms with Crippen molar-refractivity contribution in [1.82, 2.24) is 10.2 Å².